The third-order valence-corrected chi connectivity index (χ3v) is 11.7. The molecule has 6 heterocycles. The first-order valence-corrected chi connectivity index (χ1v) is 18.4. The molecule has 2 atom stereocenters. The predicted octanol–water partition coefficient (Wildman–Crippen LogP) is 4.78. The van der Waals surface area contributed by atoms with Gasteiger partial charge in [0.15, 0.2) is 5.82 Å². The quantitative estimate of drug-likeness (QED) is 0.248. The van der Waals surface area contributed by atoms with Gasteiger partial charge in [0.2, 0.25) is 0 Å². The van der Waals surface area contributed by atoms with Gasteiger partial charge in [0.05, 0.1) is 11.1 Å². The van der Waals surface area contributed by atoms with Crippen molar-refractivity contribution in [2.45, 2.75) is 69.0 Å². The molecule has 14 heteroatoms. The Morgan fingerprint density at radius 1 is 1.08 bits per heavy atom. The van der Waals surface area contributed by atoms with Crippen LogP contribution in [0.2, 0.25) is 0 Å². The molecule has 4 aliphatic rings. The number of fused-ring (bicyclic) bond motifs is 5. The van der Waals surface area contributed by atoms with Crippen molar-refractivity contribution in [2.24, 2.45) is 0 Å². The Morgan fingerprint density at radius 2 is 1.82 bits per heavy atom. The standard InChI is InChI=1S/C37H35AtF2N6O5/c1-2-25-28(39)8-5-21-15-24(47)16-26(31(21)25)33-32(40)34-27(17-41-33)35(43-36(42-34)50-20-37-11-3-13-45(37)14-4-12-37)44-18-22-6-7-23(19-44)46(22)29(48)9-10-30(49)51-38/h1,5,8,15-17,22-23,47H,3-4,6-7,9-14,18-20H2/t22-,23+. The number of rotatable bonds is 8. The van der Waals surface area contributed by atoms with E-state index in [0.717, 1.165) is 76.8 Å². The molecule has 2 bridgehead atoms. The number of phenolic OH excluding ortho intramolecular Hbond substituents is 1. The zero-order valence-electron chi connectivity index (χ0n) is 27.7. The van der Waals surface area contributed by atoms with Gasteiger partial charge in [0.25, 0.3) is 0 Å². The summed E-state index contributed by atoms with van der Waals surface area (Å²) >= 11 is 0.897. The number of ether oxygens (including phenoxy) is 1. The molecule has 0 spiro atoms. The Kier molecular flexibility index (Phi) is 8.91. The number of benzene rings is 2. The summed E-state index contributed by atoms with van der Waals surface area (Å²) in [5.74, 6) is 0.722. The number of hydrogen-bond acceptors (Lipinski definition) is 10. The fourth-order valence-corrected chi connectivity index (χ4v) is 9.09. The number of anilines is 1. The number of carbonyl (C=O) groups excluding carboxylic acids is 2. The van der Waals surface area contributed by atoms with Gasteiger partial charge in [-0.2, -0.15) is 4.98 Å². The summed E-state index contributed by atoms with van der Waals surface area (Å²) in [5.41, 5.74) is -0.230. The average Bonchev–Trinajstić information content (AvgIpc) is 3.80. The van der Waals surface area contributed by atoms with Crippen LogP contribution < -0.4 is 9.64 Å². The van der Waals surface area contributed by atoms with Gasteiger partial charge in [0, 0.05) is 10.9 Å². The Hall–Kier alpha value is -4.21. The maximum absolute atomic E-state index is 17.0. The molecule has 4 aromatic rings. The van der Waals surface area contributed by atoms with Gasteiger partial charge in [-0.25, -0.2) is 8.78 Å². The molecule has 4 saturated heterocycles. The monoisotopic (exact) mass is 891 g/mol. The number of terminal acetylenes is 1. The summed E-state index contributed by atoms with van der Waals surface area (Å²) in [5, 5.41) is 11.6. The molecular formula is C37H35AtF2N6O5. The molecule has 11 nitrogen and oxygen atoms in total. The van der Waals surface area contributed by atoms with Gasteiger partial charge in [0.1, 0.15) is 23.9 Å². The van der Waals surface area contributed by atoms with Crippen molar-refractivity contribution in [3.63, 3.8) is 0 Å². The van der Waals surface area contributed by atoms with Crippen molar-refractivity contribution in [1.82, 2.24) is 24.8 Å². The third kappa shape index (κ3) is 5.92. The van der Waals surface area contributed by atoms with Gasteiger partial charge in [-0.05, 0) is 62.4 Å². The van der Waals surface area contributed by atoms with Crippen LogP contribution in [0.3, 0.4) is 0 Å². The summed E-state index contributed by atoms with van der Waals surface area (Å²) in [6.45, 7) is 3.28. The van der Waals surface area contributed by atoms with Crippen molar-refractivity contribution < 1.29 is 56.2 Å². The second-order valence-corrected chi connectivity index (χ2v) is 14.5. The van der Waals surface area contributed by atoms with Crippen molar-refractivity contribution in [3.05, 3.63) is 47.7 Å². The van der Waals surface area contributed by atoms with E-state index in [1.165, 1.54) is 30.5 Å². The molecule has 51 heavy (non-hydrogen) atoms. The van der Waals surface area contributed by atoms with E-state index in [0.29, 0.717) is 36.3 Å². The van der Waals surface area contributed by atoms with E-state index in [1.54, 1.807) is 0 Å². The second-order valence-electron chi connectivity index (χ2n) is 13.9. The zero-order chi connectivity index (χ0) is 35.4. The van der Waals surface area contributed by atoms with Gasteiger partial charge >= 0.3 is 144 Å². The molecule has 4 aliphatic heterocycles. The van der Waals surface area contributed by atoms with Crippen LogP contribution in [0.4, 0.5) is 14.6 Å². The van der Waals surface area contributed by atoms with Crippen LogP contribution in [-0.2, 0) is 12.4 Å². The Balaban J connectivity index is 1.21. The van der Waals surface area contributed by atoms with Crippen LogP contribution in [0.25, 0.3) is 32.9 Å². The SMILES string of the molecule is C#Cc1c(F)ccc2cc(O)cc(-c3ncc4c(N5C[C@H]6CC[C@@H](C5)N6C(=O)CCC(=O)O[At])nc(OCC56CCCN5CCC6)nc4c3F)c12. The average molecular weight is 892 g/mol. The number of phenols is 1. The fraction of sp³-hybridized carbons (Fsp3) is 0.432. The molecule has 1 amide bonds. The Labute approximate surface area is 308 Å². The van der Waals surface area contributed by atoms with Crippen LogP contribution in [0.1, 0.15) is 56.9 Å². The molecular weight excluding hydrogens is 856 g/mol. The number of aromatic hydroxyl groups is 1. The molecule has 0 saturated carbocycles. The smallest absolute Gasteiger partial charge is 0.461 e. The normalized spacial score (nSPS) is 20.9. The second kappa shape index (κ2) is 13.4. The number of aromatic nitrogens is 3. The van der Waals surface area contributed by atoms with E-state index >= 15 is 4.39 Å². The molecule has 8 rings (SSSR count). The number of halogens is 2. The molecule has 264 valence electrons. The van der Waals surface area contributed by atoms with Crippen molar-refractivity contribution in [2.75, 3.05) is 37.7 Å². The molecule has 4 fully saturated rings. The molecule has 0 aliphatic carbocycles. The number of amides is 1. The van der Waals surface area contributed by atoms with Crippen LogP contribution in [0.5, 0.6) is 11.8 Å². The van der Waals surface area contributed by atoms with Gasteiger partial charge in [-0.1, -0.05) is 12.0 Å². The number of pyridine rings is 1. The molecule has 1 N–H and O–H groups in total. The first kappa shape index (κ1) is 33.9. The Morgan fingerprint density at radius 3 is 2.53 bits per heavy atom. The van der Waals surface area contributed by atoms with Crippen molar-refractivity contribution in [1.29, 1.82) is 0 Å². The molecule has 0 radical (unpaired) electrons. The maximum atomic E-state index is 17.0. The van der Waals surface area contributed by atoms with Crippen molar-refractivity contribution >= 4 is 39.4 Å². The topological polar surface area (TPSA) is 121 Å². The van der Waals surface area contributed by atoms with Crippen LogP contribution in [-0.4, -0.2) is 92.1 Å². The van der Waals surface area contributed by atoms with E-state index in [4.69, 9.17) is 19.0 Å². The first-order chi connectivity index (χ1) is 24.7. The molecule has 0 unspecified atom stereocenters. The summed E-state index contributed by atoms with van der Waals surface area (Å²) in [4.78, 5) is 45.4. The third-order valence-electron chi connectivity index (χ3n) is 11.1. The minimum atomic E-state index is -0.789. The summed E-state index contributed by atoms with van der Waals surface area (Å²) < 4.78 is 43.1. The number of nitrogens with zero attached hydrogens (tertiary/aromatic N) is 6. The predicted molar refractivity (Wildman–Crippen MR) is 179 cm³/mol. The molecule has 2 aromatic carbocycles. The molecule has 2 aromatic heterocycles. The van der Waals surface area contributed by atoms with Crippen LogP contribution in [0.15, 0.2) is 30.5 Å². The van der Waals surface area contributed by atoms with Crippen LogP contribution >= 0.6 is 0 Å². The van der Waals surface area contributed by atoms with E-state index in [-0.39, 0.29) is 75.9 Å². The zero-order valence-corrected chi connectivity index (χ0v) is 30.6. The first-order valence-electron chi connectivity index (χ1n) is 17.2. The fourth-order valence-electron chi connectivity index (χ4n) is 8.79. The van der Waals surface area contributed by atoms with E-state index in [2.05, 4.69) is 20.8 Å². The van der Waals surface area contributed by atoms with Gasteiger partial charge in [-0.3, -0.25) is 9.88 Å². The van der Waals surface area contributed by atoms with E-state index in [1.807, 2.05) is 9.80 Å². The summed E-state index contributed by atoms with van der Waals surface area (Å²) in [6, 6.07) is 5.24. The summed E-state index contributed by atoms with van der Waals surface area (Å²) in [7, 11) is 0. The van der Waals surface area contributed by atoms with Crippen molar-refractivity contribution in [3.8, 4) is 35.4 Å². The minimum absolute atomic E-state index is 0.0301. The minimum Gasteiger partial charge on any atom is -0.461 e. The van der Waals surface area contributed by atoms with E-state index < -0.39 is 17.6 Å². The number of hydrogen-bond donors (Lipinski definition) is 1. The van der Waals surface area contributed by atoms with E-state index in [9.17, 15) is 19.1 Å². The Bertz CT molecular complexity index is 2100. The van der Waals surface area contributed by atoms with Crippen LogP contribution in [0, 0.1) is 49.1 Å². The number of piperazine rings is 1. The van der Waals surface area contributed by atoms with Gasteiger partial charge in [-0.15, -0.1) is 6.42 Å². The van der Waals surface area contributed by atoms with Gasteiger partial charge < -0.3 is 9.84 Å². The number of carbonyl (C=O) groups is 2. The summed E-state index contributed by atoms with van der Waals surface area (Å²) in [6.07, 6.45) is 13.1.